The Balaban J connectivity index is 2.00. The van der Waals surface area contributed by atoms with Crippen LogP contribution in [0.5, 0.6) is 5.75 Å². The molecule has 1 aromatic carbocycles. The quantitative estimate of drug-likeness (QED) is 0.890. The minimum absolute atomic E-state index is 0.296. The smallest absolute Gasteiger partial charge is 0.119 e. The molecule has 18 heavy (non-hydrogen) atoms. The fraction of sp³-hybridized carbons (Fsp3) is 0.600. The molecule has 1 aromatic rings. The molecule has 100 valence electrons. The Morgan fingerprint density at radius 1 is 1.28 bits per heavy atom. The monoisotopic (exact) mass is 248 g/mol. The molecule has 2 N–H and O–H groups in total. The first-order valence-corrected chi connectivity index (χ1v) is 6.92. The summed E-state index contributed by atoms with van der Waals surface area (Å²) < 4.78 is 5.60. The molecule has 0 spiro atoms. The van der Waals surface area contributed by atoms with Gasteiger partial charge >= 0.3 is 0 Å². The molecule has 1 fully saturated rings. The van der Waals surface area contributed by atoms with Crippen LogP contribution in [0.3, 0.4) is 0 Å². The average molecular weight is 248 g/mol. The van der Waals surface area contributed by atoms with E-state index in [2.05, 4.69) is 43.0 Å². The summed E-state index contributed by atoms with van der Waals surface area (Å²) >= 11 is 0. The molecule has 0 saturated carbocycles. The zero-order valence-electron chi connectivity index (χ0n) is 11.4. The minimum Gasteiger partial charge on any atom is -0.494 e. The van der Waals surface area contributed by atoms with Crippen molar-refractivity contribution in [2.24, 2.45) is 11.7 Å². The van der Waals surface area contributed by atoms with Gasteiger partial charge in [0.2, 0.25) is 0 Å². The molecular formula is C15H24N2O. The van der Waals surface area contributed by atoms with Crippen molar-refractivity contribution in [1.82, 2.24) is 0 Å². The molecule has 0 bridgehead atoms. The lowest BCUT2D eigenvalue weighted by molar-refractivity contribution is 0.317. The average Bonchev–Trinajstić information content (AvgIpc) is 2.36. The lowest BCUT2D eigenvalue weighted by atomic mass is 9.96. The summed E-state index contributed by atoms with van der Waals surface area (Å²) in [6, 6.07) is 8.67. The van der Waals surface area contributed by atoms with Gasteiger partial charge in [-0.25, -0.2) is 0 Å². The Kier molecular flexibility index (Phi) is 4.48. The van der Waals surface area contributed by atoms with Crippen molar-refractivity contribution < 1.29 is 4.74 Å². The third kappa shape index (κ3) is 3.39. The summed E-state index contributed by atoms with van der Waals surface area (Å²) in [6.07, 6.45) is 2.18. The molecule has 3 heteroatoms. The second-order valence-electron chi connectivity index (χ2n) is 5.35. The van der Waals surface area contributed by atoms with Crippen LogP contribution in [0.15, 0.2) is 24.3 Å². The first kappa shape index (κ1) is 13.2. The summed E-state index contributed by atoms with van der Waals surface area (Å²) in [7, 11) is 0. The molecule has 3 nitrogen and oxygen atoms in total. The number of nitrogens with two attached hydrogens (primary N) is 1. The van der Waals surface area contributed by atoms with Crippen LogP contribution in [0.2, 0.25) is 0 Å². The van der Waals surface area contributed by atoms with E-state index < -0.39 is 0 Å². The van der Waals surface area contributed by atoms with E-state index >= 15 is 0 Å². The van der Waals surface area contributed by atoms with Crippen LogP contribution < -0.4 is 15.4 Å². The van der Waals surface area contributed by atoms with E-state index in [-0.39, 0.29) is 0 Å². The molecule has 1 aliphatic rings. The van der Waals surface area contributed by atoms with Crippen LogP contribution in [0.25, 0.3) is 0 Å². The number of hydrogen-bond donors (Lipinski definition) is 1. The minimum atomic E-state index is 0.296. The molecule has 2 atom stereocenters. The van der Waals surface area contributed by atoms with Crippen LogP contribution in [-0.4, -0.2) is 25.7 Å². The van der Waals surface area contributed by atoms with Gasteiger partial charge in [0.15, 0.2) is 0 Å². The third-order valence-corrected chi connectivity index (χ3v) is 3.37. The Morgan fingerprint density at radius 2 is 2.00 bits per heavy atom. The van der Waals surface area contributed by atoms with Gasteiger partial charge < -0.3 is 15.4 Å². The van der Waals surface area contributed by atoms with Gasteiger partial charge in [0, 0.05) is 24.8 Å². The molecule has 1 saturated heterocycles. The first-order chi connectivity index (χ1) is 8.69. The number of benzene rings is 1. The fourth-order valence-corrected chi connectivity index (χ4v) is 2.58. The molecular weight excluding hydrogens is 224 g/mol. The lowest BCUT2D eigenvalue weighted by Gasteiger charge is -2.36. The molecule has 2 unspecified atom stereocenters. The normalized spacial score (nSPS) is 24.1. The van der Waals surface area contributed by atoms with Crippen molar-refractivity contribution in [2.75, 3.05) is 24.6 Å². The number of rotatable bonds is 4. The number of anilines is 1. The van der Waals surface area contributed by atoms with Gasteiger partial charge in [0.05, 0.1) is 6.61 Å². The highest BCUT2D eigenvalue weighted by atomic mass is 16.5. The topological polar surface area (TPSA) is 38.5 Å². The molecule has 0 amide bonds. The van der Waals surface area contributed by atoms with E-state index in [0.717, 1.165) is 38.3 Å². The Bertz CT molecular complexity index is 353. The van der Waals surface area contributed by atoms with Gasteiger partial charge in [0.25, 0.3) is 0 Å². The fourth-order valence-electron chi connectivity index (χ4n) is 2.58. The van der Waals surface area contributed by atoms with Gasteiger partial charge in [-0.15, -0.1) is 0 Å². The molecule has 1 aliphatic heterocycles. The largest absolute Gasteiger partial charge is 0.494 e. The van der Waals surface area contributed by atoms with Gasteiger partial charge in [0.1, 0.15) is 5.75 Å². The van der Waals surface area contributed by atoms with Crippen molar-refractivity contribution in [3.63, 3.8) is 0 Å². The summed E-state index contributed by atoms with van der Waals surface area (Å²) in [6.45, 7) is 7.23. The van der Waals surface area contributed by atoms with Crippen LogP contribution >= 0.6 is 0 Å². The second-order valence-corrected chi connectivity index (χ2v) is 5.35. The van der Waals surface area contributed by atoms with Gasteiger partial charge in [-0.1, -0.05) is 13.8 Å². The second kappa shape index (κ2) is 6.10. The maximum Gasteiger partial charge on any atom is 0.119 e. The Hall–Kier alpha value is -1.22. The number of nitrogens with zero attached hydrogens (tertiary/aromatic N) is 1. The van der Waals surface area contributed by atoms with Gasteiger partial charge in [-0.2, -0.15) is 0 Å². The zero-order valence-corrected chi connectivity index (χ0v) is 11.4. The maximum atomic E-state index is 6.08. The highest BCUT2D eigenvalue weighted by molar-refractivity contribution is 5.49. The summed E-state index contributed by atoms with van der Waals surface area (Å²) in [5.41, 5.74) is 7.33. The van der Waals surface area contributed by atoms with Gasteiger partial charge in [-0.05, 0) is 43.0 Å². The van der Waals surface area contributed by atoms with Crippen molar-refractivity contribution >= 4 is 5.69 Å². The number of piperidine rings is 1. The molecule has 2 rings (SSSR count). The van der Waals surface area contributed by atoms with E-state index in [1.807, 2.05) is 0 Å². The third-order valence-electron chi connectivity index (χ3n) is 3.37. The highest BCUT2D eigenvalue weighted by Gasteiger charge is 2.22. The van der Waals surface area contributed by atoms with Crippen molar-refractivity contribution in [3.8, 4) is 5.75 Å². The van der Waals surface area contributed by atoms with Crippen LogP contribution in [0.4, 0.5) is 5.69 Å². The van der Waals surface area contributed by atoms with E-state index in [0.29, 0.717) is 12.0 Å². The predicted octanol–water partition coefficient (Wildman–Crippen LogP) is 2.65. The van der Waals surface area contributed by atoms with Gasteiger partial charge in [-0.3, -0.25) is 0 Å². The molecule has 0 radical (unpaired) electrons. The maximum absolute atomic E-state index is 6.08. The van der Waals surface area contributed by atoms with Crippen LogP contribution in [0, 0.1) is 5.92 Å². The highest BCUT2D eigenvalue weighted by Crippen LogP contribution is 2.24. The van der Waals surface area contributed by atoms with E-state index in [9.17, 15) is 0 Å². The summed E-state index contributed by atoms with van der Waals surface area (Å²) in [4.78, 5) is 2.38. The van der Waals surface area contributed by atoms with E-state index in [1.54, 1.807) is 0 Å². The zero-order chi connectivity index (χ0) is 13.0. The predicted molar refractivity (Wildman–Crippen MR) is 76.2 cm³/mol. The SMILES string of the molecule is CCCOc1ccc(N2CC(C)CC(N)C2)cc1. The summed E-state index contributed by atoms with van der Waals surface area (Å²) in [5.74, 6) is 1.62. The number of ether oxygens (including phenoxy) is 1. The molecule has 0 aromatic heterocycles. The van der Waals surface area contributed by atoms with Crippen molar-refractivity contribution in [2.45, 2.75) is 32.7 Å². The Morgan fingerprint density at radius 3 is 2.61 bits per heavy atom. The lowest BCUT2D eigenvalue weighted by Crippen LogP contribution is -2.46. The van der Waals surface area contributed by atoms with Crippen LogP contribution in [0.1, 0.15) is 26.7 Å². The number of hydrogen-bond acceptors (Lipinski definition) is 3. The Labute approximate surface area is 110 Å². The molecule has 0 aliphatic carbocycles. The molecule has 1 heterocycles. The summed E-state index contributed by atoms with van der Waals surface area (Å²) in [5, 5.41) is 0. The standard InChI is InChI=1S/C15H24N2O/c1-3-8-18-15-6-4-14(5-7-15)17-10-12(2)9-13(16)11-17/h4-7,12-13H,3,8-11,16H2,1-2H3. The van der Waals surface area contributed by atoms with E-state index in [4.69, 9.17) is 10.5 Å². The first-order valence-electron chi connectivity index (χ1n) is 6.92. The van der Waals surface area contributed by atoms with Crippen molar-refractivity contribution in [3.05, 3.63) is 24.3 Å². The van der Waals surface area contributed by atoms with Crippen molar-refractivity contribution in [1.29, 1.82) is 0 Å². The van der Waals surface area contributed by atoms with E-state index in [1.165, 1.54) is 5.69 Å². The van der Waals surface area contributed by atoms with Crippen LogP contribution in [-0.2, 0) is 0 Å².